The van der Waals surface area contributed by atoms with Crippen molar-refractivity contribution in [3.05, 3.63) is 0 Å². The van der Waals surface area contributed by atoms with Gasteiger partial charge in [0, 0.05) is 0 Å². The Morgan fingerprint density at radius 1 is 1.38 bits per heavy atom. The molecule has 1 nitrogen and oxygen atoms in total. The van der Waals surface area contributed by atoms with E-state index < -0.39 is 8.32 Å². The predicted molar refractivity (Wildman–Crippen MR) is 40.7 cm³/mol. The van der Waals surface area contributed by atoms with Crippen LogP contribution in [0.5, 0.6) is 0 Å². The monoisotopic (exact) mass is 145 g/mol. The Balaban J connectivity index is 3.11. The predicted octanol–water partition coefficient (Wildman–Crippen LogP) is 1.90. The van der Waals surface area contributed by atoms with Crippen LogP contribution in [0.3, 0.4) is 0 Å². The van der Waals surface area contributed by atoms with Gasteiger partial charge in [-0.15, -0.1) is 0 Å². The van der Waals surface area contributed by atoms with E-state index in [-0.39, 0.29) is 0 Å². The molecule has 0 aromatic heterocycles. The third-order valence-electron chi connectivity index (χ3n) is 0.604. The number of hydrogen-bond acceptors (Lipinski definition) is 1. The van der Waals surface area contributed by atoms with Gasteiger partial charge in [-0.25, -0.2) is 0 Å². The molecule has 0 unspecified atom stereocenters. The maximum absolute atomic E-state index is 5.60. The van der Waals surface area contributed by atoms with Crippen LogP contribution in [0.2, 0.25) is 24.9 Å². The van der Waals surface area contributed by atoms with Crippen molar-refractivity contribution in [1.82, 2.24) is 0 Å². The summed E-state index contributed by atoms with van der Waals surface area (Å²) in [5, 5.41) is 1.23. The van der Waals surface area contributed by atoms with E-state index in [1.807, 2.05) is 0 Å². The van der Waals surface area contributed by atoms with E-state index in [4.69, 9.17) is 3.48 Å². The van der Waals surface area contributed by atoms with Crippen molar-refractivity contribution in [1.29, 1.82) is 0 Å². The van der Waals surface area contributed by atoms with Crippen molar-refractivity contribution in [3.8, 4) is 0 Å². The normalized spacial score (nSPS) is 11.0. The van der Waals surface area contributed by atoms with Crippen molar-refractivity contribution in [3.63, 3.8) is 0 Å². The molecule has 0 aliphatic rings. The van der Waals surface area contributed by atoms with Gasteiger partial charge < -0.3 is 0 Å². The summed E-state index contributed by atoms with van der Waals surface area (Å²) in [5.74, 6) is 0. The van der Waals surface area contributed by atoms with E-state index in [9.17, 15) is 0 Å². The van der Waals surface area contributed by atoms with E-state index in [1.54, 1.807) is 0 Å². The third kappa shape index (κ3) is 6.71. The zero-order chi connectivity index (χ0) is 6.62. The fourth-order valence-electron chi connectivity index (χ4n) is 0.333. The molecular formula is C5H14AlOSi+. The first-order chi connectivity index (χ1) is 3.56. The summed E-state index contributed by atoms with van der Waals surface area (Å²) in [5.41, 5.74) is 0. The van der Waals surface area contributed by atoms with Gasteiger partial charge in [0.15, 0.2) is 0 Å². The Hall–Kier alpha value is 0.709. The average Bonchev–Trinajstić information content (AvgIpc) is 1.59. The van der Waals surface area contributed by atoms with Crippen LogP contribution >= 0.6 is 0 Å². The van der Waals surface area contributed by atoms with Gasteiger partial charge in [-0.3, -0.25) is 0 Å². The van der Waals surface area contributed by atoms with E-state index in [0.29, 0.717) is 15.6 Å². The van der Waals surface area contributed by atoms with Gasteiger partial charge in [-0.2, -0.15) is 0 Å². The van der Waals surface area contributed by atoms with Crippen molar-refractivity contribution < 1.29 is 3.48 Å². The second-order valence-electron chi connectivity index (χ2n) is 2.81. The summed E-state index contributed by atoms with van der Waals surface area (Å²) >= 11 is 0.304. The molecule has 0 saturated carbocycles. The summed E-state index contributed by atoms with van der Waals surface area (Å²) in [7, 11) is -1.14. The van der Waals surface area contributed by atoms with Gasteiger partial charge >= 0.3 is 59.2 Å². The number of hydrogen-bond donors (Lipinski definition) is 0. The second kappa shape index (κ2) is 3.68. The molecular weight excluding hydrogens is 131 g/mol. The number of rotatable bonds is 3. The molecule has 0 spiro atoms. The Morgan fingerprint density at radius 2 is 1.88 bits per heavy atom. The Kier molecular flexibility index (Phi) is 4.01. The first-order valence-electron chi connectivity index (χ1n) is 3.06. The molecule has 46 valence electrons. The van der Waals surface area contributed by atoms with Crippen molar-refractivity contribution in [2.45, 2.75) is 31.8 Å². The second-order valence-corrected chi connectivity index (χ2v) is 9.12. The molecule has 0 bridgehead atoms. The summed E-state index contributed by atoms with van der Waals surface area (Å²) in [4.78, 5) is 0. The molecule has 0 aromatic rings. The molecule has 0 fully saturated rings. The molecule has 0 radical (unpaired) electrons. The van der Waals surface area contributed by atoms with Gasteiger partial charge in [-0.1, -0.05) is 0 Å². The standard InChI is InChI=1S/C3H9OSi.C2H5.Al/c1-5(2,3)4;1-2;/h1-3H3;1H2,2H3;/q-1;;+2. The quantitative estimate of drug-likeness (QED) is 0.551. The van der Waals surface area contributed by atoms with Crippen LogP contribution < -0.4 is 0 Å². The first-order valence-corrected chi connectivity index (χ1v) is 7.75. The summed E-state index contributed by atoms with van der Waals surface area (Å²) in [6.07, 6.45) is 0. The topological polar surface area (TPSA) is 9.23 Å². The zero-order valence-corrected chi connectivity index (χ0v) is 8.35. The first kappa shape index (κ1) is 8.71. The molecule has 0 heterocycles. The Bertz CT molecular complexity index is 59.9. The van der Waals surface area contributed by atoms with Gasteiger partial charge in [0.05, 0.1) is 0 Å². The SMILES string of the molecule is C[CH2][Al+][O][Si](C)(C)C. The molecule has 0 amide bonds. The molecule has 3 heteroatoms. The van der Waals surface area contributed by atoms with Gasteiger partial charge in [0.1, 0.15) is 0 Å². The molecule has 0 atom stereocenters. The van der Waals surface area contributed by atoms with Crippen LogP contribution in [0.1, 0.15) is 6.92 Å². The average molecular weight is 145 g/mol. The Morgan fingerprint density at radius 3 is 2.00 bits per heavy atom. The van der Waals surface area contributed by atoms with E-state index in [1.165, 1.54) is 5.28 Å². The van der Waals surface area contributed by atoms with Crippen LogP contribution in [0.25, 0.3) is 0 Å². The van der Waals surface area contributed by atoms with Gasteiger partial charge in [0.25, 0.3) is 0 Å². The van der Waals surface area contributed by atoms with E-state index in [0.717, 1.165) is 0 Å². The summed E-state index contributed by atoms with van der Waals surface area (Å²) < 4.78 is 5.60. The van der Waals surface area contributed by atoms with Gasteiger partial charge in [0.2, 0.25) is 0 Å². The molecule has 8 heavy (non-hydrogen) atoms. The fraction of sp³-hybridized carbons (Fsp3) is 1.00. The summed E-state index contributed by atoms with van der Waals surface area (Å²) in [6, 6.07) is 0. The fourth-order valence-corrected chi connectivity index (χ4v) is 3.00. The minimum absolute atomic E-state index is 0.304. The zero-order valence-electron chi connectivity index (χ0n) is 6.19. The van der Waals surface area contributed by atoms with Crippen LogP contribution in [-0.2, 0) is 3.48 Å². The maximum atomic E-state index is 5.60. The van der Waals surface area contributed by atoms with Crippen molar-refractivity contribution in [2.75, 3.05) is 0 Å². The molecule has 0 aromatic carbocycles. The third-order valence-corrected chi connectivity index (χ3v) is 4.43. The van der Waals surface area contributed by atoms with Gasteiger partial charge in [-0.05, 0) is 0 Å². The van der Waals surface area contributed by atoms with Crippen LogP contribution in [-0.4, -0.2) is 23.9 Å². The van der Waals surface area contributed by atoms with E-state index >= 15 is 0 Å². The molecule has 0 N–H and O–H groups in total. The van der Waals surface area contributed by atoms with Crippen molar-refractivity contribution >= 4 is 23.9 Å². The van der Waals surface area contributed by atoms with Crippen LogP contribution in [0, 0.1) is 0 Å². The molecule has 0 aliphatic carbocycles. The molecule has 0 aliphatic heterocycles. The minimum atomic E-state index is -1.14. The van der Waals surface area contributed by atoms with E-state index in [2.05, 4.69) is 26.6 Å². The molecule has 0 rings (SSSR count). The van der Waals surface area contributed by atoms with Crippen LogP contribution in [0.15, 0.2) is 0 Å². The Labute approximate surface area is 59.6 Å². The summed E-state index contributed by atoms with van der Waals surface area (Å²) in [6.45, 7) is 8.87. The molecule has 0 saturated heterocycles. The van der Waals surface area contributed by atoms with Crippen molar-refractivity contribution in [2.24, 2.45) is 0 Å². The van der Waals surface area contributed by atoms with Crippen LogP contribution in [0.4, 0.5) is 0 Å².